The number of benzene rings is 1. The Morgan fingerprint density at radius 3 is 2.67 bits per heavy atom. The van der Waals surface area contributed by atoms with Crippen molar-refractivity contribution in [1.82, 2.24) is 25.5 Å². The van der Waals surface area contributed by atoms with Crippen molar-refractivity contribution in [2.24, 2.45) is 11.8 Å². The number of carbonyl (C=O) groups excluding carboxylic acids is 1. The van der Waals surface area contributed by atoms with E-state index in [9.17, 15) is 18.7 Å². The first-order valence-electron chi connectivity index (χ1n) is 12.6. The van der Waals surface area contributed by atoms with Crippen molar-refractivity contribution in [1.29, 1.82) is 0 Å². The summed E-state index contributed by atoms with van der Waals surface area (Å²) >= 11 is 0. The van der Waals surface area contributed by atoms with Crippen molar-refractivity contribution < 1.29 is 23.4 Å². The second-order valence-corrected chi connectivity index (χ2v) is 10.5. The molecule has 3 aliphatic rings. The largest absolute Gasteiger partial charge is 0.394 e. The first kappa shape index (κ1) is 25.2. The van der Waals surface area contributed by atoms with E-state index >= 15 is 0 Å². The number of hydrogen-bond donors (Lipinski definition) is 2. The molecule has 0 spiro atoms. The molecule has 2 aliphatic carbocycles. The minimum atomic E-state index is -1.19. The van der Waals surface area contributed by atoms with Crippen LogP contribution in [0, 0.1) is 35.8 Å². The zero-order valence-electron chi connectivity index (χ0n) is 21.1. The van der Waals surface area contributed by atoms with E-state index in [-0.39, 0.29) is 54.5 Å². The quantitative estimate of drug-likeness (QED) is 0.386. The van der Waals surface area contributed by atoms with Gasteiger partial charge in [0.1, 0.15) is 28.3 Å². The Bertz CT molecular complexity index is 1520. The Morgan fingerprint density at radius 2 is 2.00 bits per heavy atom. The van der Waals surface area contributed by atoms with Crippen LogP contribution in [0.2, 0.25) is 0 Å². The first-order valence-corrected chi connectivity index (χ1v) is 12.6. The highest BCUT2D eigenvalue weighted by atomic mass is 19.1. The summed E-state index contributed by atoms with van der Waals surface area (Å²) in [7, 11) is 0. The fraction of sp³-hybridized carbons (Fsp3) is 0.345. The molecule has 1 aromatic carbocycles. The summed E-state index contributed by atoms with van der Waals surface area (Å²) in [5.74, 6) is 1.03. The summed E-state index contributed by atoms with van der Waals surface area (Å²) in [6, 6.07) is 5.30. The van der Waals surface area contributed by atoms with Gasteiger partial charge in [-0.1, -0.05) is 31.1 Å². The molecule has 10 heteroatoms. The van der Waals surface area contributed by atoms with E-state index in [2.05, 4.69) is 50.5 Å². The molecule has 6 rings (SSSR count). The maximum Gasteiger partial charge on any atom is 0.272 e. The second-order valence-electron chi connectivity index (χ2n) is 10.5. The highest BCUT2D eigenvalue weighted by Crippen LogP contribution is 2.53. The number of terminal acetylenes is 1. The van der Waals surface area contributed by atoms with Crippen molar-refractivity contribution >= 4 is 5.91 Å². The lowest BCUT2D eigenvalue weighted by atomic mass is 9.62. The summed E-state index contributed by atoms with van der Waals surface area (Å²) in [6.45, 7) is 2.20. The molecule has 1 fully saturated rings. The van der Waals surface area contributed by atoms with Gasteiger partial charge in [-0.3, -0.25) is 9.78 Å². The van der Waals surface area contributed by atoms with E-state index in [0.717, 1.165) is 0 Å². The van der Waals surface area contributed by atoms with Gasteiger partial charge >= 0.3 is 0 Å². The van der Waals surface area contributed by atoms with Crippen LogP contribution in [-0.4, -0.2) is 56.5 Å². The molecule has 0 saturated carbocycles. The average Bonchev–Trinajstić information content (AvgIpc) is 3.30. The number of rotatable bonds is 5. The lowest BCUT2D eigenvalue weighted by Gasteiger charge is -2.41. The topological polar surface area (TPSA) is 110 Å². The van der Waals surface area contributed by atoms with Gasteiger partial charge in [-0.25, -0.2) is 13.8 Å². The van der Waals surface area contributed by atoms with Crippen molar-refractivity contribution in [3.05, 3.63) is 83.1 Å². The van der Waals surface area contributed by atoms with E-state index in [0.29, 0.717) is 23.4 Å². The minimum Gasteiger partial charge on any atom is -0.394 e. The van der Waals surface area contributed by atoms with Gasteiger partial charge < -0.3 is 15.2 Å². The third kappa shape index (κ3) is 3.92. The highest BCUT2D eigenvalue weighted by Gasteiger charge is 2.50. The third-order valence-corrected chi connectivity index (χ3v) is 8.10. The number of hydrogen-bond acceptors (Lipinski definition) is 7. The van der Waals surface area contributed by atoms with Crippen LogP contribution in [0.25, 0.3) is 11.3 Å². The summed E-state index contributed by atoms with van der Waals surface area (Å²) in [5, 5.41) is 21.1. The standard InChI is InChI=1S/C29H25F2N5O3/c1-3-29(24-12-32-11-23(33-24)27(38)34-28(13-37)14-39-15-28)10-19-16(2)7-8-17(19)18-9-22(35-36-26(18)29)25-20(30)5-4-6-21(25)31/h1,4-9,11-12,16-17,19,37H,10,13-15H2,2H3,(H,34,38)/t16?,17?,19?,29-/m1/s1. The SMILES string of the molecule is C#C[C@]1(c2cncc(C(=O)NC3(CO)COC3)n2)CC2C(C)C=CC2c2cc(-c3c(F)cccc3F)nnc21. The molecule has 4 atom stereocenters. The van der Waals surface area contributed by atoms with Gasteiger partial charge in [-0.05, 0) is 42.0 Å². The number of fused-ring (bicyclic) bond motifs is 3. The fourth-order valence-corrected chi connectivity index (χ4v) is 5.83. The van der Waals surface area contributed by atoms with Gasteiger partial charge in [0.15, 0.2) is 0 Å². The first-order chi connectivity index (χ1) is 18.8. The van der Waals surface area contributed by atoms with Crippen LogP contribution in [0.4, 0.5) is 8.78 Å². The molecule has 0 radical (unpaired) electrons. The van der Waals surface area contributed by atoms with Gasteiger partial charge in [0.25, 0.3) is 5.91 Å². The molecule has 8 nitrogen and oxygen atoms in total. The molecule has 1 amide bonds. The van der Waals surface area contributed by atoms with E-state index < -0.39 is 28.5 Å². The lowest BCUT2D eigenvalue weighted by molar-refractivity contribution is -0.0920. The number of aliphatic hydroxyl groups is 1. The Hall–Kier alpha value is -4.07. The molecule has 1 aliphatic heterocycles. The third-order valence-electron chi connectivity index (χ3n) is 8.10. The normalized spacial score (nSPS) is 26.2. The second kappa shape index (κ2) is 9.29. The number of carbonyl (C=O) groups is 1. The zero-order chi connectivity index (χ0) is 27.4. The van der Waals surface area contributed by atoms with Crippen LogP contribution in [0.5, 0.6) is 0 Å². The van der Waals surface area contributed by atoms with E-state index in [1.165, 1.54) is 30.6 Å². The summed E-state index contributed by atoms with van der Waals surface area (Å²) in [5.41, 5.74) is -0.713. The molecule has 2 aromatic heterocycles. The van der Waals surface area contributed by atoms with Gasteiger partial charge in [0, 0.05) is 5.92 Å². The van der Waals surface area contributed by atoms with Crippen molar-refractivity contribution in [2.75, 3.05) is 19.8 Å². The fourth-order valence-electron chi connectivity index (χ4n) is 5.83. The maximum atomic E-state index is 14.6. The zero-order valence-corrected chi connectivity index (χ0v) is 21.1. The molecular formula is C29H25F2N5O3. The summed E-state index contributed by atoms with van der Waals surface area (Å²) in [4.78, 5) is 21.9. The number of amides is 1. The molecule has 3 unspecified atom stereocenters. The predicted octanol–water partition coefficient (Wildman–Crippen LogP) is 2.93. The van der Waals surface area contributed by atoms with E-state index in [1.54, 1.807) is 6.07 Å². The molecule has 198 valence electrons. The van der Waals surface area contributed by atoms with Crippen LogP contribution in [0.15, 0.2) is 48.8 Å². The maximum absolute atomic E-state index is 14.6. The number of nitrogens with zero attached hydrogens (tertiary/aromatic N) is 4. The van der Waals surface area contributed by atoms with Gasteiger partial charge in [0.2, 0.25) is 0 Å². The summed E-state index contributed by atoms with van der Waals surface area (Å²) in [6.07, 6.45) is 13.7. The Kier molecular flexibility index (Phi) is 6.01. The molecule has 3 heterocycles. The number of allylic oxidation sites excluding steroid dienone is 2. The van der Waals surface area contributed by atoms with Crippen LogP contribution < -0.4 is 5.32 Å². The number of ether oxygens (including phenoxy) is 1. The van der Waals surface area contributed by atoms with Crippen LogP contribution >= 0.6 is 0 Å². The van der Waals surface area contributed by atoms with Crippen LogP contribution in [0.3, 0.4) is 0 Å². The molecule has 1 saturated heterocycles. The van der Waals surface area contributed by atoms with Gasteiger partial charge in [-0.15, -0.1) is 11.5 Å². The van der Waals surface area contributed by atoms with Crippen molar-refractivity contribution in [3.8, 4) is 23.6 Å². The molecule has 3 aromatic rings. The Labute approximate surface area is 223 Å². The van der Waals surface area contributed by atoms with Gasteiger partial charge in [-0.2, -0.15) is 5.10 Å². The minimum absolute atomic E-state index is 0.0288. The number of nitrogens with one attached hydrogen (secondary N) is 1. The molecule has 2 N–H and O–H groups in total. The Balaban J connectivity index is 1.47. The van der Waals surface area contributed by atoms with Gasteiger partial charge in [0.05, 0.1) is 54.9 Å². The average molecular weight is 530 g/mol. The van der Waals surface area contributed by atoms with E-state index in [1.807, 2.05) is 0 Å². The highest BCUT2D eigenvalue weighted by molar-refractivity contribution is 5.92. The Morgan fingerprint density at radius 1 is 1.23 bits per heavy atom. The molecule has 0 bridgehead atoms. The van der Waals surface area contributed by atoms with Crippen LogP contribution in [0.1, 0.15) is 46.7 Å². The molecule has 39 heavy (non-hydrogen) atoms. The number of aromatic nitrogens is 4. The van der Waals surface area contributed by atoms with Crippen molar-refractivity contribution in [3.63, 3.8) is 0 Å². The number of aliphatic hydroxyl groups excluding tert-OH is 1. The number of halogens is 2. The summed E-state index contributed by atoms with van der Waals surface area (Å²) < 4.78 is 34.4. The van der Waals surface area contributed by atoms with Crippen molar-refractivity contribution in [2.45, 2.75) is 30.2 Å². The molecular weight excluding hydrogens is 504 g/mol. The smallest absolute Gasteiger partial charge is 0.272 e. The monoisotopic (exact) mass is 529 g/mol. The van der Waals surface area contributed by atoms with E-state index in [4.69, 9.17) is 11.2 Å². The van der Waals surface area contributed by atoms with Crippen LogP contribution in [-0.2, 0) is 10.2 Å². The predicted molar refractivity (Wildman–Crippen MR) is 136 cm³/mol. The lowest BCUT2D eigenvalue weighted by Crippen LogP contribution is -2.64.